The van der Waals surface area contributed by atoms with Crippen LogP contribution in [0.5, 0.6) is 0 Å². The smallest absolute Gasteiger partial charge is 0.225 e. The molecule has 1 aromatic rings. The number of guanidine groups is 1. The molecule has 1 aromatic carbocycles. The molecule has 0 spiro atoms. The van der Waals surface area contributed by atoms with Crippen LogP contribution in [0.4, 0.5) is 0 Å². The van der Waals surface area contributed by atoms with E-state index in [1.165, 1.54) is 12.0 Å². The number of benzene rings is 1. The molecule has 184 valence electrons. The molecule has 1 unspecified atom stereocenters. The predicted molar refractivity (Wildman–Crippen MR) is 143 cm³/mol. The number of hydrogen-bond donors (Lipinski definition) is 1. The first kappa shape index (κ1) is 26.2. The van der Waals surface area contributed by atoms with Crippen LogP contribution in [0.25, 0.3) is 0 Å². The molecule has 0 bridgehead atoms. The van der Waals surface area contributed by atoms with Gasteiger partial charge in [0.25, 0.3) is 0 Å². The molecule has 1 N–H and O–H groups in total. The van der Waals surface area contributed by atoms with Crippen LogP contribution in [0, 0.1) is 11.8 Å². The Morgan fingerprint density at radius 3 is 2.48 bits per heavy atom. The summed E-state index contributed by atoms with van der Waals surface area (Å²) in [7, 11) is 1.87. The summed E-state index contributed by atoms with van der Waals surface area (Å²) in [5.74, 6) is 2.26. The minimum absolute atomic E-state index is 0. The monoisotopic (exact) mass is 569 g/mol. The second-order valence-corrected chi connectivity index (χ2v) is 9.37. The number of carbonyl (C=O) groups is 1. The van der Waals surface area contributed by atoms with Crippen molar-refractivity contribution in [3.8, 4) is 0 Å². The van der Waals surface area contributed by atoms with Gasteiger partial charge >= 0.3 is 0 Å². The van der Waals surface area contributed by atoms with E-state index in [2.05, 4.69) is 49.3 Å². The van der Waals surface area contributed by atoms with Gasteiger partial charge in [0.05, 0.1) is 13.2 Å². The van der Waals surface area contributed by atoms with Crippen molar-refractivity contribution in [2.45, 2.75) is 32.3 Å². The molecule has 1 amide bonds. The Bertz CT molecular complexity index is 750. The van der Waals surface area contributed by atoms with E-state index in [0.717, 1.165) is 84.2 Å². The maximum Gasteiger partial charge on any atom is 0.225 e. The van der Waals surface area contributed by atoms with Crippen molar-refractivity contribution in [2.75, 3.05) is 66.0 Å². The van der Waals surface area contributed by atoms with Gasteiger partial charge in [-0.05, 0) is 24.8 Å². The fourth-order valence-electron chi connectivity index (χ4n) is 4.84. The van der Waals surface area contributed by atoms with Crippen LogP contribution in [0.3, 0.4) is 0 Å². The number of halogens is 1. The molecule has 1 aliphatic carbocycles. The fraction of sp³-hybridized carbons (Fsp3) is 0.680. The van der Waals surface area contributed by atoms with Gasteiger partial charge in [-0.1, -0.05) is 36.8 Å². The molecule has 2 aliphatic heterocycles. The summed E-state index contributed by atoms with van der Waals surface area (Å²) in [5.41, 5.74) is 1.23. The topological polar surface area (TPSA) is 60.4 Å². The number of aliphatic imine (C=N–C) groups is 1. The van der Waals surface area contributed by atoms with Gasteiger partial charge in [-0.3, -0.25) is 14.7 Å². The van der Waals surface area contributed by atoms with E-state index < -0.39 is 0 Å². The van der Waals surface area contributed by atoms with Gasteiger partial charge in [0.15, 0.2) is 5.96 Å². The number of ether oxygens (including phenoxy) is 1. The minimum Gasteiger partial charge on any atom is -0.376 e. The largest absolute Gasteiger partial charge is 0.376 e. The molecular formula is C25H40IN5O2. The lowest BCUT2D eigenvalue weighted by Crippen LogP contribution is -2.52. The number of carbonyl (C=O) groups excluding carboxylic acids is 1. The zero-order valence-electron chi connectivity index (χ0n) is 20.0. The first-order chi connectivity index (χ1) is 15.7. The summed E-state index contributed by atoms with van der Waals surface area (Å²) in [6, 6.07) is 10.4. The van der Waals surface area contributed by atoms with Crippen LogP contribution in [0.2, 0.25) is 0 Å². The van der Waals surface area contributed by atoms with Gasteiger partial charge < -0.3 is 19.9 Å². The molecule has 2 saturated heterocycles. The van der Waals surface area contributed by atoms with E-state index in [0.29, 0.717) is 24.3 Å². The highest BCUT2D eigenvalue weighted by molar-refractivity contribution is 14.0. The Kier molecular flexibility index (Phi) is 10.7. The number of nitrogens with zero attached hydrogens (tertiary/aromatic N) is 4. The van der Waals surface area contributed by atoms with Crippen molar-refractivity contribution >= 4 is 35.8 Å². The quantitative estimate of drug-likeness (QED) is 0.297. The molecule has 33 heavy (non-hydrogen) atoms. The zero-order chi connectivity index (χ0) is 22.2. The summed E-state index contributed by atoms with van der Waals surface area (Å²) in [6.07, 6.45) is 4.56. The maximum absolute atomic E-state index is 12.4. The third-order valence-electron chi connectivity index (χ3n) is 7.11. The molecule has 0 radical (unpaired) electrons. The number of likely N-dealkylation sites (tertiary alicyclic amines) is 1. The average molecular weight is 570 g/mol. The number of rotatable bonds is 8. The van der Waals surface area contributed by atoms with Crippen molar-refractivity contribution in [3.63, 3.8) is 0 Å². The van der Waals surface area contributed by atoms with Crippen LogP contribution in [-0.2, 0) is 16.1 Å². The highest BCUT2D eigenvalue weighted by Crippen LogP contribution is 2.28. The second kappa shape index (κ2) is 13.5. The molecule has 3 aliphatic rings. The molecule has 2 heterocycles. The van der Waals surface area contributed by atoms with Gasteiger partial charge in [-0.25, -0.2) is 0 Å². The highest BCUT2D eigenvalue weighted by Gasteiger charge is 2.31. The van der Waals surface area contributed by atoms with E-state index in [1.54, 1.807) is 0 Å². The van der Waals surface area contributed by atoms with Gasteiger partial charge in [0, 0.05) is 71.2 Å². The first-order valence-electron chi connectivity index (χ1n) is 12.3. The predicted octanol–water partition coefficient (Wildman–Crippen LogP) is 2.66. The van der Waals surface area contributed by atoms with Crippen LogP contribution in [0.15, 0.2) is 35.3 Å². The molecule has 1 saturated carbocycles. The summed E-state index contributed by atoms with van der Waals surface area (Å²) >= 11 is 0. The van der Waals surface area contributed by atoms with E-state index in [9.17, 15) is 4.79 Å². The van der Waals surface area contributed by atoms with Crippen molar-refractivity contribution < 1.29 is 9.53 Å². The highest BCUT2D eigenvalue weighted by atomic mass is 127. The lowest BCUT2D eigenvalue weighted by atomic mass is 9.84. The van der Waals surface area contributed by atoms with E-state index in [1.807, 2.05) is 13.1 Å². The van der Waals surface area contributed by atoms with Crippen LogP contribution < -0.4 is 5.32 Å². The molecule has 3 fully saturated rings. The van der Waals surface area contributed by atoms with E-state index in [4.69, 9.17) is 4.74 Å². The number of piperazine rings is 1. The minimum atomic E-state index is 0. The zero-order valence-corrected chi connectivity index (χ0v) is 22.3. The SMILES string of the molecule is CN=C(NCCN1CCN(C(=O)C2CCC2)CC1)N1CCC(COCc2ccccc2)C1.I. The Labute approximate surface area is 215 Å². The van der Waals surface area contributed by atoms with Gasteiger partial charge in [-0.2, -0.15) is 0 Å². The lowest BCUT2D eigenvalue weighted by molar-refractivity contribution is -0.139. The van der Waals surface area contributed by atoms with Crippen molar-refractivity contribution in [1.29, 1.82) is 0 Å². The molecule has 1 atom stereocenters. The van der Waals surface area contributed by atoms with Gasteiger partial charge in [-0.15, -0.1) is 24.0 Å². The second-order valence-electron chi connectivity index (χ2n) is 9.37. The van der Waals surface area contributed by atoms with Crippen molar-refractivity contribution in [3.05, 3.63) is 35.9 Å². The maximum atomic E-state index is 12.4. The lowest BCUT2D eigenvalue weighted by Gasteiger charge is -2.38. The van der Waals surface area contributed by atoms with Crippen molar-refractivity contribution in [1.82, 2.24) is 20.0 Å². The third-order valence-corrected chi connectivity index (χ3v) is 7.11. The van der Waals surface area contributed by atoms with E-state index >= 15 is 0 Å². The molecule has 4 rings (SSSR count). The summed E-state index contributed by atoms with van der Waals surface area (Å²) in [4.78, 5) is 23.8. The van der Waals surface area contributed by atoms with Gasteiger partial charge in [0.2, 0.25) is 5.91 Å². The van der Waals surface area contributed by atoms with E-state index in [-0.39, 0.29) is 24.0 Å². The Balaban J connectivity index is 0.00000306. The number of hydrogen-bond acceptors (Lipinski definition) is 4. The average Bonchev–Trinajstić information content (AvgIpc) is 3.25. The first-order valence-corrected chi connectivity index (χ1v) is 12.3. The fourth-order valence-corrected chi connectivity index (χ4v) is 4.84. The molecule has 0 aromatic heterocycles. The van der Waals surface area contributed by atoms with Crippen LogP contribution in [-0.4, -0.2) is 92.6 Å². The van der Waals surface area contributed by atoms with Crippen LogP contribution >= 0.6 is 24.0 Å². The standard InChI is InChI=1S/C25H39N5O2.HI/c1-26-25(30-12-10-22(18-30)20-32-19-21-6-3-2-4-7-21)27-11-13-28-14-16-29(17-15-28)24(31)23-8-5-9-23;/h2-4,6-7,22-23H,5,8-20H2,1H3,(H,26,27);1H. The van der Waals surface area contributed by atoms with Crippen molar-refractivity contribution in [2.24, 2.45) is 16.8 Å². The Hall–Kier alpha value is -1.39. The molecule has 7 nitrogen and oxygen atoms in total. The molecule has 8 heteroatoms. The summed E-state index contributed by atoms with van der Waals surface area (Å²) in [5, 5.41) is 3.54. The number of nitrogens with one attached hydrogen (secondary N) is 1. The Morgan fingerprint density at radius 2 is 1.82 bits per heavy atom. The third kappa shape index (κ3) is 7.55. The molecular weight excluding hydrogens is 529 g/mol. The number of amides is 1. The van der Waals surface area contributed by atoms with Gasteiger partial charge in [0.1, 0.15) is 0 Å². The normalized spacial score (nSPS) is 22.1. The summed E-state index contributed by atoms with van der Waals surface area (Å²) in [6.45, 7) is 9.08. The summed E-state index contributed by atoms with van der Waals surface area (Å²) < 4.78 is 5.96. The van der Waals surface area contributed by atoms with Crippen LogP contribution in [0.1, 0.15) is 31.2 Å². The Morgan fingerprint density at radius 1 is 1.06 bits per heavy atom.